The molecule has 1 aliphatic rings. The van der Waals surface area contributed by atoms with Crippen molar-refractivity contribution in [2.24, 2.45) is 5.73 Å². The molecule has 0 saturated carbocycles. The van der Waals surface area contributed by atoms with E-state index in [-0.39, 0.29) is 12.1 Å². The summed E-state index contributed by atoms with van der Waals surface area (Å²) in [6.45, 7) is 1.23. The highest BCUT2D eigenvalue weighted by atomic mass is 16.5. The van der Waals surface area contributed by atoms with Gasteiger partial charge in [0, 0.05) is 17.9 Å². The van der Waals surface area contributed by atoms with Crippen LogP contribution in [0.15, 0.2) is 24.3 Å². The zero-order chi connectivity index (χ0) is 13.0. The lowest BCUT2D eigenvalue weighted by Crippen LogP contribution is -2.38. The number of anilines is 1. The number of urea groups is 1. The average molecular weight is 249 g/mol. The number of carbonyl (C=O) groups excluding carboxylic acids is 2. The van der Waals surface area contributed by atoms with Crippen LogP contribution in [0.1, 0.15) is 16.8 Å². The predicted octanol–water partition coefficient (Wildman–Crippen LogP) is 0.696. The molecule has 0 aromatic heterocycles. The van der Waals surface area contributed by atoms with E-state index >= 15 is 0 Å². The molecule has 0 bridgehead atoms. The first-order chi connectivity index (χ1) is 8.65. The van der Waals surface area contributed by atoms with Gasteiger partial charge in [-0.3, -0.25) is 4.79 Å². The van der Waals surface area contributed by atoms with Crippen molar-refractivity contribution in [1.29, 1.82) is 0 Å². The SMILES string of the molecule is NC(=O)c1ccc(NC(=O)NC2CCOC2)cc1. The van der Waals surface area contributed by atoms with Gasteiger partial charge in [-0.25, -0.2) is 4.79 Å². The molecule has 1 atom stereocenters. The molecule has 2 rings (SSSR count). The smallest absolute Gasteiger partial charge is 0.319 e. The number of primary amides is 1. The second-order valence-corrected chi connectivity index (χ2v) is 4.10. The number of hydrogen-bond acceptors (Lipinski definition) is 3. The van der Waals surface area contributed by atoms with Gasteiger partial charge in [0.15, 0.2) is 0 Å². The van der Waals surface area contributed by atoms with Crippen LogP contribution < -0.4 is 16.4 Å². The van der Waals surface area contributed by atoms with E-state index in [1.807, 2.05) is 0 Å². The van der Waals surface area contributed by atoms with E-state index in [1.54, 1.807) is 24.3 Å². The van der Waals surface area contributed by atoms with Crippen LogP contribution >= 0.6 is 0 Å². The number of nitrogens with one attached hydrogen (secondary N) is 2. The Bertz CT molecular complexity index is 438. The van der Waals surface area contributed by atoms with Gasteiger partial charge in [-0.15, -0.1) is 0 Å². The van der Waals surface area contributed by atoms with Crippen molar-refractivity contribution < 1.29 is 14.3 Å². The first-order valence-corrected chi connectivity index (χ1v) is 5.70. The van der Waals surface area contributed by atoms with Crippen LogP contribution in [-0.4, -0.2) is 31.2 Å². The van der Waals surface area contributed by atoms with Gasteiger partial charge in [-0.05, 0) is 30.7 Å². The Hall–Kier alpha value is -2.08. The Kier molecular flexibility index (Phi) is 3.78. The van der Waals surface area contributed by atoms with E-state index in [2.05, 4.69) is 10.6 Å². The molecule has 4 N–H and O–H groups in total. The zero-order valence-electron chi connectivity index (χ0n) is 9.81. The minimum atomic E-state index is -0.492. The lowest BCUT2D eigenvalue weighted by atomic mass is 10.2. The molecule has 6 nitrogen and oxygen atoms in total. The van der Waals surface area contributed by atoms with Crippen molar-refractivity contribution >= 4 is 17.6 Å². The summed E-state index contributed by atoms with van der Waals surface area (Å²) in [5, 5.41) is 5.48. The van der Waals surface area contributed by atoms with Crippen molar-refractivity contribution in [3.05, 3.63) is 29.8 Å². The molecule has 18 heavy (non-hydrogen) atoms. The van der Waals surface area contributed by atoms with Crippen molar-refractivity contribution in [2.45, 2.75) is 12.5 Å². The second kappa shape index (κ2) is 5.50. The van der Waals surface area contributed by atoms with Gasteiger partial charge in [-0.2, -0.15) is 0 Å². The van der Waals surface area contributed by atoms with Crippen molar-refractivity contribution in [3.63, 3.8) is 0 Å². The molecule has 3 amide bonds. The Balaban J connectivity index is 1.88. The summed E-state index contributed by atoms with van der Waals surface area (Å²) >= 11 is 0. The van der Waals surface area contributed by atoms with Crippen molar-refractivity contribution in [2.75, 3.05) is 18.5 Å². The van der Waals surface area contributed by atoms with Crippen LogP contribution in [0.4, 0.5) is 10.5 Å². The monoisotopic (exact) mass is 249 g/mol. The predicted molar refractivity (Wildman–Crippen MR) is 66.3 cm³/mol. The van der Waals surface area contributed by atoms with E-state index in [1.165, 1.54) is 0 Å². The van der Waals surface area contributed by atoms with E-state index in [0.717, 1.165) is 6.42 Å². The summed E-state index contributed by atoms with van der Waals surface area (Å²) in [6.07, 6.45) is 0.827. The molecular weight excluding hydrogens is 234 g/mol. The maximum absolute atomic E-state index is 11.6. The fourth-order valence-electron chi connectivity index (χ4n) is 1.72. The third kappa shape index (κ3) is 3.21. The van der Waals surface area contributed by atoms with Crippen LogP contribution in [0, 0.1) is 0 Å². The van der Waals surface area contributed by atoms with E-state index in [9.17, 15) is 9.59 Å². The van der Waals surface area contributed by atoms with Crippen LogP contribution in [0.5, 0.6) is 0 Å². The van der Waals surface area contributed by atoms with Crippen molar-refractivity contribution in [3.8, 4) is 0 Å². The lowest BCUT2D eigenvalue weighted by molar-refractivity contribution is 0.100. The van der Waals surface area contributed by atoms with E-state index < -0.39 is 5.91 Å². The normalized spacial score (nSPS) is 18.3. The summed E-state index contributed by atoms with van der Waals surface area (Å²) in [5.41, 5.74) is 6.14. The first-order valence-electron chi connectivity index (χ1n) is 5.70. The van der Waals surface area contributed by atoms with Crippen LogP contribution in [0.2, 0.25) is 0 Å². The summed E-state index contributed by atoms with van der Waals surface area (Å²) in [5.74, 6) is -0.492. The van der Waals surface area contributed by atoms with Crippen LogP contribution in [0.25, 0.3) is 0 Å². The minimum Gasteiger partial charge on any atom is -0.379 e. The Morgan fingerprint density at radius 3 is 2.56 bits per heavy atom. The van der Waals surface area contributed by atoms with Gasteiger partial charge >= 0.3 is 6.03 Å². The molecule has 96 valence electrons. The number of amides is 3. The van der Waals surface area contributed by atoms with Crippen LogP contribution in [0.3, 0.4) is 0 Å². The molecule has 6 heteroatoms. The molecule has 1 aromatic carbocycles. The molecule has 1 fully saturated rings. The molecule has 1 heterocycles. The summed E-state index contributed by atoms with van der Waals surface area (Å²) in [4.78, 5) is 22.5. The number of hydrogen-bond donors (Lipinski definition) is 3. The molecule has 0 spiro atoms. The van der Waals surface area contributed by atoms with Crippen LogP contribution in [-0.2, 0) is 4.74 Å². The fourth-order valence-corrected chi connectivity index (χ4v) is 1.72. The molecule has 1 unspecified atom stereocenters. The number of rotatable bonds is 3. The summed E-state index contributed by atoms with van der Waals surface area (Å²) in [7, 11) is 0. The standard InChI is InChI=1S/C12H15N3O3/c13-11(16)8-1-3-9(4-2-8)14-12(17)15-10-5-6-18-7-10/h1-4,10H,5-7H2,(H2,13,16)(H2,14,15,17). The Labute approximate surface area is 104 Å². The highest BCUT2D eigenvalue weighted by molar-refractivity contribution is 5.94. The quantitative estimate of drug-likeness (QED) is 0.736. The number of benzene rings is 1. The molecule has 1 saturated heterocycles. The largest absolute Gasteiger partial charge is 0.379 e. The molecule has 0 aliphatic carbocycles. The van der Waals surface area contributed by atoms with E-state index in [4.69, 9.17) is 10.5 Å². The molecule has 1 aliphatic heterocycles. The van der Waals surface area contributed by atoms with Gasteiger partial charge in [0.25, 0.3) is 0 Å². The summed E-state index contributed by atoms with van der Waals surface area (Å²) in [6, 6.07) is 6.18. The Morgan fingerprint density at radius 2 is 2.00 bits per heavy atom. The highest BCUT2D eigenvalue weighted by Crippen LogP contribution is 2.09. The number of nitrogens with two attached hydrogens (primary N) is 1. The highest BCUT2D eigenvalue weighted by Gasteiger charge is 2.17. The fraction of sp³-hybridized carbons (Fsp3) is 0.333. The van der Waals surface area contributed by atoms with Gasteiger partial charge in [0.1, 0.15) is 0 Å². The number of ether oxygens (including phenoxy) is 1. The molecule has 0 radical (unpaired) electrons. The average Bonchev–Trinajstić information content (AvgIpc) is 2.82. The topological polar surface area (TPSA) is 93.5 Å². The number of carbonyl (C=O) groups is 2. The third-order valence-corrected chi connectivity index (χ3v) is 2.69. The van der Waals surface area contributed by atoms with Gasteiger partial charge < -0.3 is 21.1 Å². The van der Waals surface area contributed by atoms with Gasteiger partial charge in [-0.1, -0.05) is 0 Å². The van der Waals surface area contributed by atoms with Gasteiger partial charge in [0.05, 0.1) is 12.6 Å². The molecule has 1 aromatic rings. The third-order valence-electron chi connectivity index (χ3n) is 2.69. The minimum absolute atomic E-state index is 0.0647. The van der Waals surface area contributed by atoms with E-state index in [0.29, 0.717) is 24.5 Å². The first kappa shape index (κ1) is 12.4. The maximum atomic E-state index is 11.6. The zero-order valence-corrected chi connectivity index (χ0v) is 9.81. The maximum Gasteiger partial charge on any atom is 0.319 e. The van der Waals surface area contributed by atoms with Gasteiger partial charge in [0.2, 0.25) is 5.91 Å². The second-order valence-electron chi connectivity index (χ2n) is 4.10. The summed E-state index contributed by atoms with van der Waals surface area (Å²) < 4.78 is 5.16. The Morgan fingerprint density at radius 1 is 1.28 bits per heavy atom. The lowest BCUT2D eigenvalue weighted by Gasteiger charge is -2.11. The molecular formula is C12H15N3O3. The van der Waals surface area contributed by atoms with Crippen molar-refractivity contribution in [1.82, 2.24) is 5.32 Å².